The van der Waals surface area contributed by atoms with Crippen molar-refractivity contribution < 1.29 is 4.42 Å². The molecule has 2 heterocycles. The van der Waals surface area contributed by atoms with Gasteiger partial charge in [-0.25, -0.2) is 0 Å². The molecule has 3 heteroatoms. The molecule has 0 spiro atoms. The first-order chi connectivity index (χ1) is 9.24. The molecule has 1 aromatic carbocycles. The lowest BCUT2D eigenvalue weighted by atomic mass is 10.2. The summed E-state index contributed by atoms with van der Waals surface area (Å²) in [6, 6.07) is 15.3. The van der Waals surface area contributed by atoms with Gasteiger partial charge in [-0.3, -0.25) is 0 Å². The second-order valence-corrected chi connectivity index (χ2v) is 5.93. The second kappa shape index (κ2) is 5.19. The molecule has 0 amide bonds. The minimum Gasteiger partial charge on any atom is -0.468 e. The van der Waals surface area contributed by atoms with Gasteiger partial charge in [0.1, 0.15) is 5.76 Å². The van der Waals surface area contributed by atoms with Crippen LogP contribution in [0.5, 0.6) is 0 Å². The van der Waals surface area contributed by atoms with Gasteiger partial charge in [0.25, 0.3) is 0 Å². The fourth-order valence-electron chi connectivity index (χ4n) is 2.29. The Kier molecular flexibility index (Phi) is 3.40. The highest BCUT2D eigenvalue weighted by Gasteiger charge is 2.14. The van der Waals surface area contributed by atoms with E-state index < -0.39 is 0 Å². The van der Waals surface area contributed by atoms with Crippen molar-refractivity contribution in [3.8, 4) is 0 Å². The molecule has 19 heavy (non-hydrogen) atoms. The summed E-state index contributed by atoms with van der Waals surface area (Å²) < 4.78 is 6.78. The fourth-order valence-corrected chi connectivity index (χ4v) is 3.37. The molecule has 0 bridgehead atoms. The van der Waals surface area contributed by atoms with E-state index in [0.29, 0.717) is 6.04 Å². The van der Waals surface area contributed by atoms with Crippen molar-refractivity contribution in [2.45, 2.75) is 25.9 Å². The molecular weight excluding hydrogens is 254 g/mol. The Balaban J connectivity index is 1.78. The highest BCUT2D eigenvalue weighted by molar-refractivity contribution is 7.19. The van der Waals surface area contributed by atoms with Gasteiger partial charge in [0.2, 0.25) is 0 Å². The van der Waals surface area contributed by atoms with E-state index in [-0.39, 0.29) is 6.04 Å². The topological polar surface area (TPSA) is 25.2 Å². The largest absolute Gasteiger partial charge is 0.468 e. The van der Waals surface area contributed by atoms with Crippen molar-refractivity contribution in [2.75, 3.05) is 0 Å². The number of nitrogens with one attached hydrogen (secondary N) is 1. The van der Waals surface area contributed by atoms with Gasteiger partial charge in [0, 0.05) is 15.6 Å². The predicted molar refractivity (Wildman–Crippen MR) is 80.5 cm³/mol. The van der Waals surface area contributed by atoms with Crippen LogP contribution in [0.4, 0.5) is 0 Å². The Labute approximate surface area is 117 Å². The van der Waals surface area contributed by atoms with E-state index in [1.165, 1.54) is 15.0 Å². The summed E-state index contributed by atoms with van der Waals surface area (Å²) in [4.78, 5) is 1.36. The molecule has 98 valence electrons. The van der Waals surface area contributed by atoms with E-state index in [9.17, 15) is 0 Å². The zero-order valence-corrected chi connectivity index (χ0v) is 11.9. The first kappa shape index (κ1) is 12.5. The fraction of sp³-hybridized carbons (Fsp3) is 0.250. The maximum atomic E-state index is 5.43. The Morgan fingerprint density at radius 3 is 2.63 bits per heavy atom. The lowest BCUT2D eigenvalue weighted by Gasteiger charge is -2.17. The summed E-state index contributed by atoms with van der Waals surface area (Å²) in [5.74, 6) is 0.980. The molecule has 3 aromatic rings. The van der Waals surface area contributed by atoms with Crippen molar-refractivity contribution in [3.63, 3.8) is 0 Å². The Morgan fingerprint density at radius 2 is 1.89 bits per heavy atom. The van der Waals surface area contributed by atoms with Crippen LogP contribution in [0.3, 0.4) is 0 Å². The van der Waals surface area contributed by atoms with Crippen LogP contribution in [-0.4, -0.2) is 0 Å². The monoisotopic (exact) mass is 271 g/mol. The van der Waals surface area contributed by atoms with Gasteiger partial charge in [0.05, 0.1) is 12.3 Å². The molecule has 2 atom stereocenters. The lowest BCUT2D eigenvalue weighted by Crippen LogP contribution is -2.21. The number of fused-ring (bicyclic) bond motifs is 1. The number of benzene rings is 1. The van der Waals surface area contributed by atoms with Crippen LogP contribution in [0.2, 0.25) is 0 Å². The van der Waals surface area contributed by atoms with Crippen LogP contribution in [0.25, 0.3) is 10.1 Å². The van der Waals surface area contributed by atoms with Gasteiger partial charge in [0.15, 0.2) is 0 Å². The Hall–Kier alpha value is -1.58. The van der Waals surface area contributed by atoms with Crippen molar-refractivity contribution in [2.24, 2.45) is 0 Å². The Bertz CT molecular complexity index is 623. The van der Waals surface area contributed by atoms with Gasteiger partial charge < -0.3 is 9.73 Å². The van der Waals surface area contributed by atoms with Crippen LogP contribution in [0, 0.1) is 0 Å². The molecule has 0 aliphatic rings. The molecule has 2 nitrogen and oxygen atoms in total. The van der Waals surface area contributed by atoms with Gasteiger partial charge in [-0.15, -0.1) is 11.3 Å². The van der Waals surface area contributed by atoms with Crippen LogP contribution >= 0.6 is 11.3 Å². The highest BCUT2D eigenvalue weighted by Crippen LogP contribution is 2.30. The van der Waals surface area contributed by atoms with Crippen LogP contribution in [-0.2, 0) is 0 Å². The molecule has 0 aliphatic carbocycles. The molecule has 3 rings (SSSR count). The number of furan rings is 1. The maximum absolute atomic E-state index is 5.43. The zero-order valence-electron chi connectivity index (χ0n) is 11.1. The molecule has 2 aromatic heterocycles. The molecule has 0 saturated carbocycles. The van der Waals surface area contributed by atoms with Gasteiger partial charge in [-0.05, 0) is 43.5 Å². The normalized spacial score (nSPS) is 14.6. The summed E-state index contributed by atoms with van der Waals surface area (Å²) in [5.41, 5.74) is 0. The average Bonchev–Trinajstić information content (AvgIpc) is 3.07. The SMILES string of the molecule is CC(N[C@@H](C)c1ccco1)c1cc2ccccc2s1. The van der Waals surface area contributed by atoms with E-state index in [1.807, 2.05) is 23.5 Å². The Morgan fingerprint density at radius 1 is 1.05 bits per heavy atom. The van der Waals surface area contributed by atoms with Crippen LogP contribution in [0.15, 0.2) is 53.1 Å². The third-order valence-corrected chi connectivity index (χ3v) is 4.64. The first-order valence-electron chi connectivity index (χ1n) is 6.52. The van der Waals surface area contributed by atoms with Crippen molar-refractivity contribution in [1.29, 1.82) is 0 Å². The van der Waals surface area contributed by atoms with Crippen molar-refractivity contribution in [3.05, 3.63) is 59.4 Å². The predicted octanol–water partition coefficient (Wildman–Crippen LogP) is 4.91. The molecule has 0 radical (unpaired) electrons. The molecule has 1 unspecified atom stereocenters. The quantitative estimate of drug-likeness (QED) is 0.729. The third-order valence-electron chi connectivity index (χ3n) is 3.34. The number of thiophene rings is 1. The van der Waals surface area contributed by atoms with Gasteiger partial charge in [-0.2, -0.15) is 0 Å². The minimum absolute atomic E-state index is 0.218. The zero-order chi connectivity index (χ0) is 13.2. The van der Waals surface area contributed by atoms with E-state index in [2.05, 4.69) is 49.5 Å². The average molecular weight is 271 g/mol. The molecule has 0 fully saturated rings. The summed E-state index contributed by atoms with van der Waals surface area (Å²) >= 11 is 1.85. The first-order valence-corrected chi connectivity index (χ1v) is 7.33. The van der Waals surface area contributed by atoms with Gasteiger partial charge >= 0.3 is 0 Å². The number of rotatable bonds is 4. The van der Waals surface area contributed by atoms with Crippen LogP contribution < -0.4 is 5.32 Å². The third kappa shape index (κ3) is 2.57. The van der Waals surface area contributed by atoms with Crippen LogP contribution in [0.1, 0.15) is 36.6 Å². The van der Waals surface area contributed by atoms with E-state index >= 15 is 0 Å². The second-order valence-electron chi connectivity index (χ2n) is 4.81. The molecular formula is C16H17NOS. The van der Waals surface area contributed by atoms with Gasteiger partial charge in [-0.1, -0.05) is 18.2 Å². The van der Waals surface area contributed by atoms with E-state index in [4.69, 9.17) is 4.42 Å². The van der Waals surface area contributed by atoms with E-state index in [0.717, 1.165) is 5.76 Å². The smallest absolute Gasteiger partial charge is 0.120 e. The van der Waals surface area contributed by atoms with E-state index in [1.54, 1.807) is 6.26 Å². The van der Waals surface area contributed by atoms with Crippen molar-refractivity contribution >= 4 is 21.4 Å². The molecule has 0 saturated heterocycles. The summed E-state index contributed by atoms with van der Waals surface area (Å²) in [7, 11) is 0. The van der Waals surface area contributed by atoms with Crippen molar-refractivity contribution in [1.82, 2.24) is 5.32 Å². The molecule has 1 N–H and O–H groups in total. The highest BCUT2D eigenvalue weighted by atomic mass is 32.1. The standard InChI is InChI=1S/C16H17NOS/c1-11(14-7-5-9-18-14)17-12(2)16-10-13-6-3-4-8-15(13)19-16/h3-12,17H,1-2H3/t11-,12?/m0/s1. The number of hydrogen-bond acceptors (Lipinski definition) is 3. The molecule has 0 aliphatic heterocycles. The summed E-state index contributed by atoms with van der Waals surface area (Å²) in [5, 5.41) is 4.90. The summed E-state index contributed by atoms with van der Waals surface area (Å²) in [6.45, 7) is 4.33. The summed E-state index contributed by atoms with van der Waals surface area (Å²) in [6.07, 6.45) is 1.72. The number of hydrogen-bond donors (Lipinski definition) is 1. The maximum Gasteiger partial charge on any atom is 0.120 e. The lowest BCUT2D eigenvalue weighted by molar-refractivity contribution is 0.405. The minimum atomic E-state index is 0.218.